The third-order valence-corrected chi connectivity index (χ3v) is 3.17. The van der Waals surface area contributed by atoms with Crippen LogP contribution in [0.4, 0.5) is 0 Å². The minimum Gasteiger partial charge on any atom is -0.381 e. The fourth-order valence-electron chi connectivity index (χ4n) is 1.67. The monoisotopic (exact) mass is 270 g/mol. The maximum Gasteiger partial charge on any atom is 0.138 e. The van der Waals surface area contributed by atoms with E-state index in [1.54, 1.807) is 0 Å². The Morgan fingerprint density at radius 1 is 0.895 bits per heavy atom. The average Bonchev–Trinajstić information content (AvgIpc) is 2.34. The van der Waals surface area contributed by atoms with Crippen molar-refractivity contribution < 1.29 is 14.3 Å². The number of carbonyl (C=O) groups excluding carboxylic acids is 2. The Hall–Kier alpha value is -0.700. The molecule has 0 saturated carbocycles. The van der Waals surface area contributed by atoms with Crippen LogP contribution in [0.5, 0.6) is 0 Å². The molecule has 112 valence electrons. The van der Waals surface area contributed by atoms with E-state index in [1.165, 1.54) is 0 Å². The van der Waals surface area contributed by atoms with Gasteiger partial charge in [-0.15, -0.1) is 0 Å². The summed E-state index contributed by atoms with van der Waals surface area (Å²) in [6.45, 7) is 9.23. The van der Waals surface area contributed by atoms with E-state index < -0.39 is 0 Å². The minimum atomic E-state index is -0.216. The molecule has 3 heteroatoms. The van der Waals surface area contributed by atoms with Crippen molar-refractivity contribution in [1.29, 1.82) is 0 Å². The number of ketones is 2. The van der Waals surface area contributed by atoms with E-state index in [2.05, 4.69) is 0 Å². The molecule has 0 aliphatic heterocycles. The molecular weight excluding hydrogens is 240 g/mol. The van der Waals surface area contributed by atoms with Crippen LogP contribution in [0.25, 0.3) is 0 Å². The van der Waals surface area contributed by atoms with Gasteiger partial charge in [-0.05, 0) is 25.7 Å². The van der Waals surface area contributed by atoms with Gasteiger partial charge in [0.1, 0.15) is 11.6 Å². The molecular formula is C16H30O3. The van der Waals surface area contributed by atoms with Crippen molar-refractivity contribution in [2.75, 3.05) is 13.2 Å². The normalized spacial score (nSPS) is 11.6. The van der Waals surface area contributed by atoms with Gasteiger partial charge in [0.05, 0.1) is 0 Å². The van der Waals surface area contributed by atoms with Gasteiger partial charge in [0.25, 0.3) is 0 Å². The number of carbonyl (C=O) groups is 2. The maximum atomic E-state index is 11.7. The lowest BCUT2D eigenvalue weighted by Gasteiger charge is -2.16. The largest absolute Gasteiger partial charge is 0.381 e. The molecule has 19 heavy (non-hydrogen) atoms. The van der Waals surface area contributed by atoms with Gasteiger partial charge in [-0.1, -0.05) is 27.7 Å². The van der Waals surface area contributed by atoms with Crippen LogP contribution < -0.4 is 0 Å². The number of ether oxygens (including phenoxy) is 1. The van der Waals surface area contributed by atoms with Crippen molar-refractivity contribution in [3.63, 3.8) is 0 Å². The first-order valence-corrected chi connectivity index (χ1v) is 7.50. The molecule has 0 rings (SSSR count). The molecule has 0 atom stereocenters. The van der Waals surface area contributed by atoms with Gasteiger partial charge in [-0.3, -0.25) is 9.59 Å². The molecule has 0 aromatic heterocycles. The Morgan fingerprint density at radius 3 is 1.89 bits per heavy atom. The molecule has 0 aromatic carbocycles. The summed E-state index contributed by atoms with van der Waals surface area (Å²) < 4.78 is 5.49. The fraction of sp³-hybridized carbons (Fsp3) is 0.875. The smallest absolute Gasteiger partial charge is 0.138 e. The third kappa shape index (κ3) is 10.9. The van der Waals surface area contributed by atoms with Crippen LogP contribution in [0.1, 0.15) is 72.6 Å². The molecule has 0 heterocycles. The van der Waals surface area contributed by atoms with Crippen molar-refractivity contribution in [1.82, 2.24) is 0 Å². The lowest BCUT2D eigenvalue weighted by Crippen LogP contribution is -2.19. The summed E-state index contributed by atoms with van der Waals surface area (Å²) in [7, 11) is 0. The molecule has 0 spiro atoms. The average molecular weight is 270 g/mol. The summed E-state index contributed by atoms with van der Waals surface area (Å²) in [6, 6.07) is 0. The molecule has 0 bridgehead atoms. The van der Waals surface area contributed by atoms with Crippen LogP contribution >= 0.6 is 0 Å². The van der Waals surface area contributed by atoms with Crippen molar-refractivity contribution in [3.8, 4) is 0 Å². The van der Waals surface area contributed by atoms with Gasteiger partial charge < -0.3 is 4.74 Å². The number of rotatable bonds is 11. The Bertz CT molecular complexity index is 264. The van der Waals surface area contributed by atoms with Crippen molar-refractivity contribution in [3.05, 3.63) is 0 Å². The molecule has 0 amide bonds. The van der Waals surface area contributed by atoms with E-state index in [9.17, 15) is 9.59 Å². The Labute approximate surface area is 118 Å². The fourth-order valence-corrected chi connectivity index (χ4v) is 1.67. The molecule has 0 N–H and O–H groups in total. The second-order valence-electron chi connectivity index (χ2n) is 6.09. The van der Waals surface area contributed by atoms with Crippen LogP contribution in [-0.4, -0.2) is 24.8 Å². The van der Waals surface area contributed by atoms with Crippen molar-refractivity contribution >= 4 is 11.6 Å². The van der Waals surface area contributed by atoms with Gasteiger partial charge >= 0.3 is 0 Å². The molecule has 0 saturated heterocycles. The zero-order chi connectivity index (χ0) is 14.7. The van der Waals surface area contributed by atoms with Gasteiger partial charge in [0.15, 0.2) is 0 Å². The SMILES string of the molecule is CCC(=O)CCCCOCCCCC(=O)C(C)(C)C. The summed E-state index contributed by atoms with van der Waals surface area (Å²) >= 11 is 0. The number of hydrogen-bond donors (Lipinski definition) is 0. The molecule has 0 aliphatic carbocycles. The van der Waals surface area contributed by atoms with Crippen LogP contribution in [-0.2, 0) is 14.3 Å². The van der Waals surface area contributed by atoms with E-state index >= 15 is 0 Å². The van der Waals surface area contributed by atoms with E-state index in [0.29, 0.717) is 30.8 Å². The van der Waals surface area contributed by atoms with Crippen molar-refractivity contribution in [2.45, 2.75) is 72.6 Å². The maximum absolute atomic E-state index is 11.7. The highest BCUT2D eigenvalue weighted by atomic mass is 16.5. The first-order valence-electron chi connectivity index (χ1n) is 7.50. The lowest BCUT2D eigenvalue weighted by atomic mass is 9.88. The van der Waals surface area contributed by atoms with E-state index in [-0.39, 0.29) is 5.41 Å². The van der Waals surface area contributed by atoms with Crippen LogP contribution in [0.15, 0.2) is 0 Å². The summed E-state index contributed by atoms with van der Waals surface area (Å²) in [4.78, 5) is 22.7. The Morgan fingerprint density at radius 2 is 1.42 bits per heavy atom. The predicted octanol–water partition coefficient (Wildman–Crippen LogP) is 3.94. The summed E-state index contributed by atoms with van der Waals surface area (Å²) in [5.41, 5.74) is -0.216. The highest BCUT2D eigenvalue weighted by Crippen LogP contribution is 2.18. The summed E-state index contributed by atoms with van der Waals surface area (Å²) in [6.07, 6.45) is 5.70. The topological polar surface area (TPSA) is 43.4 Å². The van der Waals surface area contributed by atoms with Crippen molar-refractivity contribution in [2.24, 2.45) is 5.41 Å². The highest BCUT2D eigenvalue weighted by Gasteiger charge is 2.19. The molecule has 0 unspecified atom stereocenters. The zero-order valence-corrected chi connectivity index (χ0v) is 13.1. The summed E-state index contributed by atoms with van der Waals surface area (Å²) in [5.74, 6) is 0.659. The number of unbranched alkanes of at least 4 members (excludes halogenated alkanes) is 2. The molecule has 0 radical (unpaired) electrons. The van der Waals surface area contributed by atoms with Gasteiger partial charge in [-0.2, -0.15) is 0 Å². The lowest BCUT2D eigenvalue weighted by molar-refractivity contribution is -0.126. The van der Waals surface area contributed by atoms with E-state index in [4.69, 9.17) is 4.74 Å². The first kappa shape index (κ1) is 18.3. The van der Waals surface area contributed by atoms with E-state index in [1.807, 2.05) is 27.7 Å². The molecule has 0 aliphatic rings. The number of hydrogen-bond acceptors (Lipinski definition) is 3. The second kappa shape index (κ2) is 10.1. The quantitative estimate of drug-likeness (QED) is 0.534. The summed E-state index contributed by atoms with van der Waals surface area (Å²) in [5, 5.41) is 0. The highest BCUT2D eigenvalue weighted by molar-refractivity contribution is 5.83. The standard InChI is InChI=1S/C16H30O3/c1-5-14(17)10-6-8-12-19-13-9-7-11-15(18)16(2,3)4/h5-13H2,1-4H3. The first-order chi connectivity index (χ1) is 8.88. The minimum absolute atomic E-state index is 0.216. The van der Waals surface area contributed by atoms with Gasteiger partial charge in [0.2, 0.25) is 0 Å². The van der Waals surface area contributed by atoms with Crippen LogP contribution in [0.2, 0.25) is 0 Å². The molecule has 3 nitrogen and oxygen atoms in total. The van der Waals surface area contributed by atoms with Gasteiger partial charge in [0, 0.05) is 37.9 Å². The van der Waals surface area contributed by atoms with Crippen LogP contribution in [0.3, 0.4) is 0 Å². The van der Waals surface area contributed by atoms with Gasteiger partial charge in [-0.25, -0.2) is 0 Å². The Kier molecular flexibility index (Phi) is 9.76. The zero-order valence-electron chi connectivity index (χ0n) is 13.1. The second-order valence-corrected chi connectivity index (χ2v) is 6.09. The predicted molar refractivity (Wildman–Crippen MR) is 78.3 cm³/mol. The van der Waals surface area contributed by atoms with E-state index in [0.717, 1.165) is 38.9 Å². The van der Waals surface area contributed by atoms with Crippen LogP contribution in [0, 0.1) is 5.41 Å². The Balaban J connectivity index is 3.28. The molecule has 0 fully saturated rings. The number of Topliss-reactive ketones (excluding diaryl/α,β-unsaturated/α-hetero) is 2. The third-order valence-electron chi connectivity index (χ3n) is 3.17. The molecule has 0 aromatic rings.